The maximum absolute atomic E-state index is 13.3. The number of carbonyl (C=O) groups excluding carboxylic acids is 1. The van der Waals surface area contributed by atoms with Gasteiger partial charge in [0.15, 0.2) is 5.58 Å². The lowest BCUT2D eigenvalue weighted by Gasteiger charge is -2.11. The van der Waals surface area contributed by atoms with E-state index in [1.807, 2.05) is 18.2 Å². The van der Waals surface area contributed by atoms with Gasteiger partial charge in [-0.05, 0) is 31.2 Å². The zero-order valence-electron chi connectivity index (χ0n) is 12.5. The maximum atomic E-state index is 13.3. The Bertz CT molecular complexity index is 845. The molecule has 0 aliphatic rings. The first-order valence-corrected chi connectivity index (χ1v) is 7.23. The molecule has 5 nitrogen and oxygen atoms in total. The second-order valence-corrected chi connectivity index (χ2v) is 4.92. The van der Waals surface area contributed by atoms with Crippen LogP contribution in [0.25, 0.3) is 11.0 Å². The largest absolute Gasteiger partial charge is 0.492 e. The van der Waals surface area contributed by atoms with Gasteiger partial charge >= 0.3 is 0 Å². The van der Waals surface area contributed by atoms with Crippen LogP contribution < -0.4 is 10.1 Å². The van der Waals surface area contributed by atoms with Gasteiger partial charge in [-0.1, -0.05) is 17.3 Å². The summed E-state index contributed by atoms with van der Waals surface area (Å²) in [5.74, 6) is -0.406. The van der Waals surface area contributed by atoms with Crippen molar-refractivity contribution in [1.29, 1.82) is 0 Å². The second-order valence-electron chi connectivity index (χ2n) is 4.92. The maximum Gasteiger partial charge on any atom is 0.230 e. The van der Waals surface area contributed by atoms with Crippen molar-refractivity contribution < 1.29 is 18.4 Å². The fraction of sp³-hybridized carbons (Fsp3) is 0.176. The first kappa shape index (κ1) is 15.0. The van der Waals surface area contributed by atoms with Gasteiger partial charge in [-0.15, -0.1) is 0 Å². The normalized spacial score (nSPS) is 10.7. The van der Waals surface area contributed by atoms with Gasteiger partial charge < -0.3 is 14.6 Å². The first-order chi connectivity index (χ1) is 11.2. The van der Waals surface area contributed by atoms with Crippen LogP contribution in [0, 0.1) is 5.82 Å². The Hall–Kier alpha value is -2.89. The van der Waals surface area contributed by atoms with Crippen molar-refractivity contribution in [3.63, 3.8) is 0 Å². The van der Waals surface area contributed by atoms with E-state index in [2.05, 4.69) is 10.5 Å². The second kappa shape index (κ2) is 6.48. The number of amides is 1. The summed E-state index contributed by atoms with van der Waals surface area (Å²) in [5.41, 5.74) is 1.61. The number of rotatable bonds is 5. The van der Waals surface area contributed by atoms with Crippen LogP contribution in [0.5, 0.6) is 5.75 Å². The summed E-state index contributed by atoms with van der Waals surface area (Å²) in [7, 11) is 0. The molecule has 0 spiro atoms. The molecule has 0 aliphatic heterocycles. The van der Waals surface area contributed by atoms with E-state index in [0.29, 0.717) is 29.3 Å². The number of fused-ring (bicyclic) bond motifs is 1. The molecule has 0 bridgehead atoms. The van der Waals surface area contributed by atoms with Gasteiger partial charge in [0.05, 0.1) is 18.7 Å². The molecule has 0 saturated heterocycles. The summed E-state index contributed by atoms with van der Waals surface area (Å²) in [4.78, 5) is 12.2. The number of ether oxygens (including phenoxy) is 1. The van der Waals surface area contributed by atoms with Crippen LogP contribution in [0.1, 0.15) is 12.6 Å². The van der Waals surface area contributed by atoms with E-state index in [-0.39, 0.29) is 12.3 Å². The van der Waals surface area contributed by atoms with Gasteiger partial charge in [0, 0.05) is 11.5 Å². The highest BCUT2D eigenvalue weighted by atomic mass is 19.1. The third kappa shape index (κ3) is 3.31. The molecule has 23 heavy (non-hydrogen) atoms. The van der Waals surface area contributed by atoms with Crippen LogP contribution >= 0.6 is 0 Å². The number of carbonyl (C=O) groups is 1. The summed E-state index contributed by atoms with van der Waals surface area (Å²) < 4.78 is 23.8. The van der Waals surface area contributed by atoms with E-state index in [1.165, 1.54) is 18.2 Å². The monoisotopic (exact) mass is 314 g/mol. The molecule has 2 aromatic carbocycles. The average molecular weight is 314 g/mol. The summed E-state index contributed by atoms with van der Waals surface area (Å²) in [6, 6.07) is 11.3. The third-order valence-corrected chi connectivity index (χ3v) is 3.30. The average Bonchev–Trinajstić information content (AvgIpc) is 2.93. The predicted octanol–water partition coefficient (Wildman–Crippen LogP) is 3.55. The molecule has 0 atom stereocenters. The zero-order valence-corrected chi connectivity index (χ0v) is 12.5. The molecular formula is C17H15FN2O3. The van der Waals surface area contributed by atoms with E-state index in [4.69, 9.17) is 9.26 Å². The highest BCUT2D eigenvalue weighted by molar-refractivity contribution is 5.95. The van der Waals surface area contributed by atoms with Crippen molar-refractivity contribution in [2.75, 3.05) is 11.9 Å². The molecule has 3 aromatic rings. The molecule has 1 N–H and O–H groups in total. The number of nitrogens with one attached hydrogen (secondary N) is 1. The Morgan fingerprint density at radius 3 is 2.96 bits per heavy atom. The molecule has 1 aromatic heterocycles. The van der Waals surface area contributed by atoms with Crippen molar-refractivity contribution in [3.05, 3.63) is 54.0 Å². The minimum absolute atomic E-state index is 0.0555. The third-order valence-electron chi connectivity index (χ3n) is 3.30. The zero-order chi connectivity index (χ0) is 16.2. The van der Waals surface area contributed by atoms with Crippen molar-refractivity contribution >= 4 is 22.6 Å². The van der Waals surface area contributed by atoms with Crippen molar-refractivity contribution in [3.8, 4) is 5.75 Å². The molecule has 0 aliphatic carbocycles. The number of nitrogens with zero attached hydrogens (tertiary/aromatic N) is 1. The SMILES string of the molecule is CCOc1cc(F)ccc1NC(=O)Cc1noc2ccccc12. The van der Waals surface area contributed by atoms with Crippen molar-refractivity contribution in [2.24, 2.45) is 0 Å². The number of aromatic nitrogens is 1. The van der Waals surface area contributed by atoms with E-state index in [1.54, 1.807) is 13.0 Å². The fourth-order valence-corrected chi connectivity index (χ4v) is 2.29. The minimum atomic E-state index is -0.422. The fourth-order valence-electron chi connectivity index (χ4n) is 2.29. The molecule has 1 heterocycles. The van der Waals surface area contributed by atoms with E-state index in [9.17, 15) is 9.18 Å². The van der Waals surface area contributed by atoms with Gasteiger partial charge in [-0.3, -0.25) is 4.79 Å². The predicted molar refractivity (Wildman–Crippen MR) is 83.9 cm³/mol. The summed E-state index contributed by atoms with van der Waals surface area (Å²) >= 11 is 0. The Labute approximate surface area is 132 Å². The Morgan fingerprint density at radius 2 is 2.13 bits per heavy atom. The highest BCUT2D eigenvalue weighted by Gasteiger charge is 2.14. The van der Waals surface area contributed by atoms with Gasteiger partial charge in [-0.2, -0.15) is 0 Å². The lowest BCUT2D eigenvalue weighted by atomic mass is 10.1. The lowest BCUT2D eigenvalue weighted by molar-refractivity contribution is -0.115. The van der Waals surface area contributed by atoms with Crippen LogP contribution in [-0.2, 0) is 11.2 Å². The molecule has 0 radical (unpaired) electrons. The molecule has 3 rings (SSSR count). The number of para-hydroxylation sites is 1. The molecule has 6 heteroatoms. The smallest absolute Gasteiger partial charge is 0.230 e. The van der Waals surface area contributed by atoms with Gasteiger partial charge in [0.1, 0.15) is 17.3 Å². The number of hydrogen-bond acceptors (Lipinski definition) is 4. The standard InChI is InChI=1S/C17H15FN2O3/c1-2-22-16-9-11(18)7-8-13(16)19-17(21)10-14-12-5-3-4-6-15(12)23-20-14/h3-9H,2,10H2,1H3,(H,19,21). The first-order valence-electron chi connectivity index (χ1n) is 7.23. The number of anilines is 1. The molecule has 0 unspecified atom stereocenters. The number of hydrogen-bond donors (Lipinski definition) is 1. The Balaban J connectivity index is 1.77. The summed E-state index contributed by atoms with van der Waals surface area (Å²) in [6.45, 7) is 2.16. The van der Waals surface area contributed by atoms with Crippen LogP contribution in [0.4, 0.5) is 10.1 Å². The Kier molecular flexibility index (Phi) is 4.23. The molecule has 0 fully saturated rings. The van der Waals surface area contributed by atoms with Crippen LogP contribution in [0.3, 0.4) is 0 Å². The lowest BCUT2D eigenvalue weighted by Crippen LogP contribution is -2.15. The van der Waals surface area contributed by atoms with Gasteiger partial charge in [-0.25, -0.2) is 4.39 Å². The van der Waals surface area contributed by atoms with E-state index >= 15 is 0 Å². The highest BCUT2D eigenvalue weighted by Crippen LogP contribution is 2.26. The quantitative estimate of drug-likeness (QED) is 0.782. The van der Waals surface area contributed by atoms with Gasteiger partial charge in [0.2, 0.25) is 5.91 Å². The van der Waals surface area contributed by atoms with Crippen LogP contribution in [-0.4, -0.2) is 17.7 Å². The van der Waals surface area contributed by atoms with E-state index < -0.39 is 5.82 Å². The van der Waals surface area contributed by atoms with Crippen LogP contribution in [0.2, 0.25) is 0 Å². The van der Waals surface area contributed by atoms with E-state index in [0.717, 1.165) is 5.39 Å². The molecule has 118 valence electrons. The number of benzene rings is 2. The molecule has 0 saturated carbocycles. The molecular weight excluding hydrogens is 299 g/mol. The van der Waals surface area contributed by atoms with Crippen molar-refractivity contribution in [1.82, 2.24) is 5.16 Å². The Morgan fingerprint density at radius 1 is 1.30 bits per heavy atom. The minimum Gasteiger partial charge on any atom is -0.492 e. The van der Waals surface area contributed by atoms with Gasteiger partial charge in [0.25, 0.3) is 0 Å². The summed E-state index contributed by atoms with van der Waals surface area (Å²) in [6.07, 6.45) is 0.0555. The van der Waals surface area contributed by atoms with Crippen molar-refractivity contribution in [2.45, 2.75) is 13.3 Å². The molecule has 1 amide bonds. The topological polar surface area (TPSA) is 64.4 Å². The van der Waals surface area contributed by atoms with Crippen LogP contribution in [0.15, 0.2) is 47.0 Å². The number of halogens is 1. The summed E-state index contributed by atoms with van der Waals surface area (Å²) in [5, 5.41) is 7.43.